The van der Waals surface area contributed by atoms with Crippen LogP contribution in [0.5, 0.6) is 0 Å². The highest BCUT2D eigenvalue weighted by Gasteiger charge is 2.36. The van der Waals surface area contributed by atoms with Crippen LogP contribution in [0, 0.1) is 17.8 Å². The van der Waals surface area contributed by atoms with E-state index < -0.39 is 58.8 Å². The van der Waals surface area contributed by atoms with Gasteiger partial charge in [-0.25, -0.2) is 14.4 Å². The van der Waals surface area contributed by atoms with Crippen LogP contribution in [0.2, 0.25) is 0 Å². The molecule has 0 saturated carbocycles. The zero-order chi connectivity index (χ0) is 35.8. The van der Waals surface area contributed by atoms with Crippen LogP contribution < -0.4 is 0 Å². The molecule has 3 fully saturated rings. The molecule has 3 heterocycles. The van der Waals surface area contributed by atoms with Crippen LogP contribution in [0.4, 0.5) is 0 Å². The number of ether oxygens (including phenoxy) is 4. The van der Waals surface area contributed by atoms with Crippen LogP contribution in [-0.4, -0.2) is 121 Å². The summed E-state index contributed by atoms with van der Waals surface area (Å²) >= 11 is 0. The van der Waals surface area contributed by atoms with E-state index in [0.29, 0.717) is 15.2 Å². The smallest absolute Gasteiger partial charge is 0.335 e. The first-order valence-electron chi connectivity index (χ1n) is 15.4. The van der Waals surface area contributed by atoms with Crippen LogP contribution in [0.3, 0.4) is 0 Å². The molecule has 3 aliphatic heterocycles. The number of hydrogen-bond donors (Lipinski definition) is 0. The Hall–Kier alpha value is -4.77. The lowest BCUT2D eigenvalue weighted by Gasteiger charge is -2.33. The Kier molecular flexibility index (Phi) is 15.2. The van der Waals surface area contributed by atoms with Crippen molar-refractivity contribution in [3.05, 3.63) is 0 Å². The summed E-state index contributed by atoms with van der Waals surface area (Å²) in [6.45, 7) is -1.17. The molecule has 0 spiro atoms. The lowest BCUT2D eigenvalue weighted by atomic mass is 9.92. The predicted molar refractivity (Wildman–Crippen MR) is 155 cm³/mol. The number of terminal acetylenes is 1. The molecule has 3 aliphatic rings. The summed E-state index contributed by atoms with van der Waals surface area (Å²) in [5, 5.41) is 1.23. The van der Waals surface area contributed by atoms with Gasteiger partial charge in [-0.2, -0.15) is 0 Å². The number of nitrogens with zero attached hydrogens (tertiary/aromatic N) is 3. The van der Waals surface area contributed by atoms with E-state index in [-0.39, 0.29) is 117 Å². The maximum Gasteiger partial charge on any atom is 0.335 e. The molecule has 0 unspecified atom stereocenters. The van der Waals surface area contributed by atoms with Gasteiger partial charge in [0.15, 0.2) is 0 Å². The summed E-state index contributed by atoms with van der Waals surface area (Å²) in [5.41, 5.74) is -1.14. The fourth-order valence-electron chi connectivity index (χ4n) is 4.42. The number of hydroxylamine groups is 6. The van der Waals surface area contributed by atoms with Gasteiger partial charge in [-0.15, -0.1) is 27.5 Å². The number of amides is 6. The highest BCUT2D eigenvalue weighted by molar-refractivity contribution is 6.02. The minimum Gasteiger partial charge on any atom is -0.380 e. The lowest BCUT2D eigenvalue weighted by Crippen LogP contribution is -2.42. The van der Waals surface area contributed by atoms with Crippen LogP contribution in [-0.2, 0) is 76.6 Å². The topological polar surface area (TPSA) is 228 Å². The maximum atomic E-state index is 12.2. The molecule has 0 aromatic carbocycles. The third-order valence-electron chi connectivity index (χ3n) is 6.97. The van der Waals surface area contributed by atoms with E-state index in [1.165, 1.54) is 0 Å². The van der Waals surface area contributed by atoms with E-state index in [1.807, 2.05) is 0 Å². The number of carbonyl (C=O) groups excluding carboxylic acids is 9. The van der Waals surface area contributed by atoms with Crippen molar-refractivity contribution in [1.29, 1.82) is 0 Å². The van der Waals surface area contributed by atoms with Gasteiger partial charge in [-0.1, -0.05) is 0 Å². The van der Waals surface area contributed by atoms with E-state index in [9.17, 15) is 43.2 Å². The van der Waals surface area contributed by atoms with Crippen molar-refractivity contribution in [3.8, 4) is 12.3 Å². The van der Waals surface area contributed by atoms with Gasteiger partial charge in [0.05, 0.1) is 77.5 Å². The number of rotatable bonds is 22. The first kappa shape index (κ1) is 38.7. The Labute approximate surface area is 280 Å². The first-order valence-corrected chi connectivity index (χ1v) is 15.4. The molecule has 268 valence electrons. The fourth-order valence-corrected chi connectivity index (χ4v) is 4.42. The Balaban J connectivity index is 1.57. The summed E-state index contributed by atoms with van der Waals surface area (Å²) in [7, 11) is 0. The molecule has 19 heteroatoms. The highest BCUT2D eigenvalue weighted by Crippen LogP contribution is 2.22. The molecular weight excluding hydrogens is 658 g/mol. The Morgan fingerprint density at radius 1 is 0.510 bits per heavy atom. The van der Waals surface area contributed by atoms with Crippen molar-refractivity contribution in [2.24, 2.45) is 5.41 Å². The Morgan fingerprint density at radius 2 is 0.776 bits per heavy atom. The van der Waals surface area contributed by atoms with Crippen molar-refractivity contribution in [2.75, 3.05) is 52.9 Å². The quantitative estimate of drug-likeness (QED) is 0.0756. The maximum absolute atomic E-state index is 12.2. The monoisotopic (exact) mass is 695 g/mol. The predicted octanol–water partition coefficient (Wildman–Crippen LogP) is -0.946. The zero-order valence-corrected chi connectivity index (χ0v) is 26.7. The molecule has 6 amide bonds. The van der Waals surface area contributed by atoms with Crippen molar-refractivity contribution >= 4 is 53.4 Å². The van der Waals surface area contributed by atoms with Crippen molar-refractivity contribution in [1.82, 2.24) is 15.2 Å². The molecule has 49 heavy (non-hydrogen) atoms. The highest BCUT2D eigenvalue weighted by atomic mass is 16.7. The van der Waals surface area contributed by atoms with Crippen molar-refractivity contribution in [2.45, 2.75) is 64.2 Å². The van der Waals surface area contributed by atoms with Gasteiger partial charge >= 0.3 is 17.9 Å². The van der Waals surface area contributed by atoms with Crippen LogP contribution in [0.15, 0.2) is 0 Å². The van der Waals surface area contributed by atoms with Gasteiger partial charge in [0.25, 0.3) is 35.4 Å². The Morgan fingerprint density at radius 3 is 1.04 bits per heavy atom. The van der Waals surface area contributed by atoms with E-state index in [1.54, 1.807) is 0 Å². The lowest BCUT2D eigenvalue weighted by molar-refractivity contribution is -0.199. The van der Waals surface area contributed by atoms with Crippen LogP contribution >= 0.6 is 0 Å². The van der Waals surface area contributed by atoms with Gasteiger partial charge in [-0.05, 0) is 0 Å². The van der Waals surface area contributed by atoms with Crippen molar-refractivity contribution < 1.29 is 76.6 Å². The molecule has 3 rings (SSSR count). The summed E-state index contributed by atoms with van der Waals surface area (Å²) in [6, 6.07) is 0. The summed E-state index contributed by atoms with van der Waals surface area (Å²) in [6.07, 6.45) is 4.15. The molecule has 0 N–H and O–H groups in total. The third kappa shape index (κ3) is 12.3. The largest absolute Gasteiger partial charge is 0.380 e. The number of imide groups is 3. The van der Waals surface area contributed by atoms with Gasteiger partial charge in [0, 0.05) is 44.9 Å². The van der Waals surface area contributed by atoms with E-state index >= 15 is 0 Å². The standard InChI is InChI=1S/C30H37N3O16/c1-2-3-13-43-17-30(18-44-14-10-27(40)47-31-21(34)4-5-22(31)35,19-45-15-11-28(41)48-32-23(36)6-7-24(32)37)20-46-16-12-29(42)49-33-25(38)8-9-26(33)39/h1H,3-20H2. The molecule has 3 saturated heterocycles. The molecule has 0 radical (unpaired) electrons. The van der Waals surface area contributed by atoms with Gasteiger partial charge in [0.1, 0.15) is 0 Å². The van der Waals surface area contributed by atoms with Crippen LogP contribution in [0.25, 0.3) is 0 Å². The first-order chi connectivity index (χ1) is 23.4. The molecule has 0 bridgehead atoms. The van der Waals surface area contributed by atoms with Gasteiger partial charge in [0.2, 0.25) is 0 Å². The average molecular weight is 696 g/mol. The van der Waals surface area contributed by atoms with E-state index in [2.05, 4.69) is 5.92 Å². The Bertz CT molecular complexity index is 1150. The minimum absolute atomic E-state index is 0.0662. The fraction of sp³-hybridized carbons (Fsp3) is 0.633. The third-order valence-corrected chi connectivity index (χ3v) is 6.97. The molecule has 0 aromatic rings. The van der Waals surface area contributed by atoms with E-state index in [4.69, 9.17) is 39.9 Å². The van der Waals surface area contributed by atoms with Gasteiger partial charge in [-0.3, -0.25) is 28.8 Å². The molecule has 19 nitrogen and oxygen atoms in total. The van der Waals surface area contributed by atoms with Crippen LogP contribution in [0.1, 0.15) is 64.2 Å². The van der Waals surface area contributed by atoms with Crippen molar-refractivity contribution in [3.63, 3.8) is 0 Å². The second-order valence-corrected chi connectivity index (χ2v) is 11.0. The van der Waals surface area contributed by atoms with E-state index in [0.717, 1.165) is 0 Å². The second kappa shape index (κ2) is 19.3. The zero-order valence-electron chi connectivity index (χ0n) is 26.7. The number of hydrogen-bond acceptors (Lipinski definition) is 16. The summed E-state index contributed by atoms with van der Waals surface area (Å²) in [5.74, 6) is -4.08. The summed E-state index contributed by atoms with van der Waals surface area (Å²) in [4.78, 5) is 121. The SMILES string of the molecule is C#CCCOCC(COCCC(=O)ON1C(=O)CCC1=O)(COCCC(=O)ON1C(=O)CCC1=O)COCCC(=O)ON1C(=O)CCC1=O. The average Bonchev–Trinajstić information content (AvgIpc) is 3.68. The molecule has 0 atom stereocenters. The molecule has 0 aliphatic carbocycles. The normalized spacial score (nSPS) is 16.5. The molecular formula is C30H37N3O16. The molecule has 0 aromatic heterocycles. The minimum atomic E-state index is -1.14. The van der Waals surface area contributed by atoms with Gasteiger partial charge < -0.3 is 33.5 Å². The number of carbonyl (C=O) groups is 9. The second-order valence-electron chi connectivity index (χ2n) is 11.0. The summed E-state index contributed by atoms with van der Waals surface area (Å²) < 4.78 is 22.8.